The first-order chi connectivity index (χ1) is 51.7. The van der Waals surface area contributed by atoms with Crippen molar-refractivity contribution in [1.82, 2.24) is 74.0 Å². The first-order valence-corrected chi connectivity index (χ1v) is 37.0. The Labute approximate surface area is 711 Å². The summed E-state index contributed by atoms with van der Waals surface area (Å²) in [4.78, 5) is 223. The minimum absolute atomic E-state index is 0. The van der Waals surface area contributed by atoms with E-state index in [1.165, 1.54) is 55.6 Å². The van der Waals surface area contributed by atoms with Crippen LogP contribution in [0.25, 0.3) is 11.1 Å². The van der Waals surface area contributed by atoms with E-state index in [1.54, 1.807) is 38.1 Å². The number of hydrogen-bond acceptors (Lipinski definition) is 21. The zero-order valence-corrected chi connectivity index (χ0v) is 66.8. The molecule has 18 N–H and O–H groups in total. The van der Waals surface area contributed by atoms with Crippen LogP contribution in [0.15, 0.2) is 103 Å². The predicted octanol–water partition coefficient (Wildman–Crippen LogP) is -2.95. The number of nitrogens with zero attached hydrogens (tertiary/aromatic N) is 1. The van der Waals surface area contributed by atoms with Crippen LogP contribution in [0, 0.1) is 99.6 Å². The smallest absolute Gasteiger partial charge is 0.305 e. The minimum Gasteiger partial charge on any atom is -0.508 e. The fraction of sp³-hybridized carbons (Fsp3) is 0.417. The Morgan fingerprint density at radius 3 is 1.66 bits per heavy atom. The normalized spacial score (nSPS) is 20.1. The predicted molar refractivity (Wildman–Crippen MR) is 395 cm³/mol. The van der Waals surface area contributed by atoms with Gasteiger partial charge in [0.05, 0.1) is 37.3 Å². The number of carboxylic acids is 2. The van der Waals surface area contributed by atoms with E-state index in [1.807, 2.05) is 30.3 Å². The molecule has 604 valence electrons. The summed E-state index contributed by atoms with van der Waals surface area (Å²) in [6.45, 7) is 9.46. The van der Waals surface area contributed by atoms with Gasteiger partial charge in [-0.3, -0.25) is 67.1 Å². The molecule has 0 aromatic heterocycles. The summed E-state index contributed by atoms with van der Waals surface area (Å²) in [5.74, 6) is -19.7. The van der Waals surface area contributed by atoms with E-state index in [4.69, 9.17) is 0 Å². The van der Waals surface area contributed by atoms with Crippen LogP contribution in [-0.2, 0) is 96.0 Å². The second-order valence-electron chi connectivity index (χ2n) is 26.1. The average molecular weight is 1870 g/mol. The molecule has 2 aliphatic rings. The van der Waals surface area contributed by atoms with E-state index in [-0.39, 0.29) is 142 Å². The molecule has 0 aliphatic carbocycles. The van der Waals surface area contributed by atoms with Gasteiger partial charge in [0.15, 0.2) is 0 Å². The first kappa shape index (κ1) is 94.4. The van der Waals surface area contributed by atoms with Crippen molar-refractivity contribution >= 4 is 116 Å². The zero-order chi connectivity index (χ0) is 80.2. The summed E-state index contributed by atoms with van der Waals surface area (Å²) in [6, 6.07) is 7.67. The summed E-state index contributed by atoms with van der Waals surface area (Å²) in [5, 5.41) is 82.9. The van der Waals surface area contributed by atoms with Gasteiger partial charge in [0, 0.05) is 131 Å². The summed E-state index contributed by atoms with van der Waals surface area (Å²) in [7, 11) is 2.63. The number of likely N-dealkylation sites (tertiary alicyclic amines) is 1. The Hall–Kier alpha value is -8.95. The topological polar surface area (TPSA) is 534 Å². The third kappa shape index (κ3) is 31.3. The van der Waals surface area contributed by atoms with Crippen LogP contribution in [-0.4, -0.2) is 236 Å². The second-order valence-corrected chi connectivity index (χ2v) is 28.7. The number of carbonyl (C=O) groups is 16. The van der Waals surface area contributed by atoms with Crippen LogP contribution in [0.1, 0.15) is 69.6 Å². The number of likely N-dealkylation sites (N-methyl/N-ethyl adjacent to an activating group) is 1. The molecule has 2 unspecified atom stereocenters. The molecule has 2 fully saturated rings. The molecule has 14 amide bonds. The van der Waals surface area contributed by atoms with Gasteiger partial charge in [-0.05, 0) is 84.2 Å². The molecule has 12 atom stereocenters. The molecule has 2 saturated heterocycles. The van der Waals surface area contributed by atoms with Crippen molar-refractivity contribution in [3.63, 3.8) is 0 Å². The number of nitrogens with one attached hydrogen (secondary N) is 13. The van der Waals surface area contributed by atoms with Gasteiger partial charge in [0.1, 0.15) is 78.0 Å². The van der Waals surface area contributed by atoms with Gasteiger partial charge in [-0.15, -0.1) is 0 Å². The van der Waals surface area contributed by atoms with E-state index in [9.17, 15) is 92.7 Å². The quantitative estimate of drug-likeness (QED) is 0.0210. The molecular formula is C72H90Gd2N14O21S2-2. The van der Waals surface area contributed by atoms with E-state index in [2.05, 4.69) is 83.0 Å². The molecule has 0 radical (unpaired) electrons. The van der Waals surface area contributed by atoms with E-state index >= 15 is 9.59 Å². The molecule has 35 nitrogen and oxygen atoms in total. The number of rotatable bonds is 27. The molecule has 0 spiro atoms. The van der Waals surface area contributed by atoms with Crippen molar-refractivity contribution in [3.05, 3.63) is 134 Å². The van der Waals surface area contributed by atoms with E-state index < -0.39 is 211 Å². The summed E-state index contributed by atoms with van der Waals surface area (Å²) >= 11 is 0. The number of aromatic hydroxyl groups is 2. The molecule has 4 aromatic rings. The summed E-state index contributed by atoms with van der Waals surface area (Å²) < 4.78 is 0. The van der Waals surface area contributed by atoms with Gasteiger partial charge in [-0.25, -0.2) is 0 Å². The third-order valence-corrected chi connectivity index (χ3v) is 19.5. The van der Waals surface area contributed by atoms with Crippen molar-refractivity contribution in [2.45, 2.75) is 145 Å². The van der Waals surface area contributed by atoms with Crippen LogP contribution in [0.5, 0.6) is 11.5 Å². The molecule has 2 heterocycles. The molecule has 0 saturated carbocycles. The Kier molecular flexibility index (Phi) is 39.8. The van der Waals surface area contributed by atoms with Gasteiger partial charge < -0.3 is 123 Å². The largest absolute Gasteiger partial charge is 0.508 e. The number of amides is 14. The summed E-state index contributed by atoms with van der Waals surface area (Å²) in [6.07, 6.45) is -4.94. The average Bonchev–Trinajstić information content (AvgIpc) is 1.73. The Bertz CT molecular complexity index is 3950. The maximum absolute atomic E-state index is 15.0. The monoisotopic (exact) mass is 1870 g/mol. The van der Waals surface area contributed by atoms with Crippen LogP contribution in [0.4, 0.5) is 0 Å². The molecule has 4 aromatic carbocycles. The Morgan fingerprint density at radius 2 is 1.11 bits per heavy atom. The SMILES string of the molecule is [CH2-]C(=O)NCC(NC([CH2-])=O)C(=O)N[C@@H](CC(C)C)C(=O)N1CCC[C@H]1C(=O)N[C@H]1CSSC[C@@H](C(=O)N[C@@H](Cc2ccc(-c3ccccc3)cc2)C(=O)N[C@@H](CC(=O)O)C(=O)NC)NC(=O)[C@H](C(C)O)NC(=O)CNC(=O)[C@H](Cc2ccc(O)cc2)NC(=O)[C@H](Cc2ccc(O)cc2)NC(=O)[C@H](CC(=O)O)NC1=O.[Gd].[Gd]. The van der Waals surface area contributed by atoms with Gasteiger partial charge >= 0.3 is 11.9 Å². The number of hydrogen-bond donors (Lipinski definition) is 18. The number of carboxylic acid groups (broad SMARTS) is 2. The fourth-order valence-electron chi connectivity index (χ4n) is 11.5. The van der Waals surface area contributed by atoms with Crippen molar-refractivity contribution < 1.29 is 182 Å². The minimum atomic E-state index is -2.11. The number of phenolic OH excluding ortho intramolecular Hbond substituents is 2. The van der Waals surface area contributed by atoms with Crippen LogP contribution in [0.2, 0.25) is 0 Å². The van der Waals surface area contributed by atoms with Gasteiger partial charge in [-0.2, -0.15) is 0 Å². The molecule has 111 heavy (non-hydrogen) atoms. The van der Waals surface area contributed by atoms with Gasteiger partial charge in [-0.1, -0.05) is 114 Å². The number of phenols is 2. The number of aliphatic hydroxyl groups is 1. The third-order valence-electron chi connectivity index (χ3n) is 17.1. The zero-order valence-electron chi connectivity index (χ0n) is 60.7. The standard InChI is InChI=1S/C72H90N14O21S2.2Gd/c1-37(2)27-53(82-67(102)54(76-40(5)89)33-74-39(4)88)72(107)86-26-10-13-57(86)70(105)83-55-35-108-109-36-56(69(104)79-50(65(100)80-51(31-59(93)94)62(97)73-6)29-41-14-20-45(21-15-41)44-11-8-7-9-12-44)84-71(106)61(38(3)87)85-58(92)34-75-63(98)48(28-42-16-22-46(90)23-17-42)77-64(99)49(30-43-18-24-47(91)25-19-43)78-66(101)52(32-60(95)96)81-68(55)103;;/h7-9,11-12,14-25,37-38,48-57,61,87,90-91H,4-5,10,13,26-36H2,1-3,6H3,(H,73,97)(H,74,88)(H,75,98)(H,76,89)(H,77,99)(H,78,101)(H,79,104)(H,80,100)(H,81,103)(H,82,102)(H,83,105)(H,84,106)(H,85,92)(H,93,94)(H,95,96);;/q-2;;/t38?,48-,49-,50-,51-,52-,53-,54?,55-,56-,57-,61-;;/m0../s1. The van der Waals surface area contributed by atoms with Crippen LogP contribution < -0.4 is 69.1 Å². The second kappa shape index (κ2) is 46.8. The van der Waals surface area contributed by atoms with Crippen molar-refractivity contribution in [2.24, 2.45) is 5.92 Å². The maximum Gasteiger partial charge on any atom is 0.305 e. The molecule has 2 aliphatic heterocycles. The number of carbonyl (C=O) groups excluding carboxylic acids is 14. The van der Waals surface area contributed by atoms with Crippen molar-refractivity contribution in [1.29, 1.82) is 0 Å². The van der Waals surface area contributed by atoms with Crippen LogP contribution >= 0.6 is 21.6 Å². The van der Waals surface area contributed by atoms with Crippen molar-refractivity contribution in [3.8, 4) is 22.6 Å². The summed E-state index contributed by atoms with van der Waals surface area (Å²) in [5.41, 5.74) is 2.59. The fourth-order valence-corrected chi connectivity index (χ4v) is 13.8. The number of aliphatic hydroxyl groups excluding tert-OH is 1. The van der Waals surface area contributed by atoms with Crippen LogP contribution in [0.3, 0.4) is 0 Å². The Morgan fingerprint density at radius 1 is 0.568 bits per heavy atom. The molecule has 6 rings (SSSR count). The number of benzene rings is 4. The maximum atomic E-state index is 15.0. The number of aliphatic carboxylic acids is 2. The molecular weight excluding hydrogens is 1780 g/mol. The van der Waals surface area contributed by atoms with Gasteiger partial charge in [0.25, 0.3) is 0 Å². The first-order valence-electron chi connectivity index (χ1n) is 34.5. The van der Waals surface area contributed by atoms with Crippen molar-refractivity contribution in [2.75, 3.05) is 38.2 Å². The molecule has 39 heteroatoms. The Balaban J connectivity index is 0.0000130. The van der Waals surface area contributed by atoms with E-state index in [0.717, 1.165) is 44.5 Å². The molecule has 0 bridgehead atoms. The van der Waals surface area contributed by atoms with E-state index in [0.29, 0.717) is 11.1 Å². The van der Waals surface area contributed by atoms with Gasteiger partial charge in [0.2, 0.25) is 70.9 Å².